The Morgan fingerprint density at radius 2 is 2.00 bits per heavy atom. The van der Waals surface area contributed by atoms with E-state index >= 15 is 0 Å². The van der Waals surface area contributed by atoms with Crippen molar-refractivity contribution in [3.05, 3.63) is 33.8 Å². The molecule has 4 heteroatoms. The average molecular weight is 353 g/mol. The second-order valence-corrected chi connectivity index (χ2v) is 7.20. The van der Waals surface area contributed by atoms with Gasteiger partial charge in [0, 0.05) is 36.1 Å². The van der Waals surface area contributed by atoms with Crippen LogP contribution in [0.1, 0.15) is 30.4 Å². The fourth-order valence-corrected chi connectivity index (χ4v) is 3.97. The zero-order chi connectivity index (χ0) is 14.7. The van der Waals surface area contributed by atoms with Crippen molar-refractivity contribution in [3.8, 4) is 0 Å². The largest absolute Gasteiger partial charge is 0.379 e. The lowest BCUT2D eigenvalue weighted by Gasteiger charge is -2.41. The van der Waals surface area contributed by atoms with Gasteiger partial charge in [-0.2, -0.15) is 0 Å². The van der Waals surface area contributed by atoms with Crippen LogP contribution in [0.4, 0.5) is 0 Å². The predicted octanol–water partition coefficient (Wildman–Crippen LogP) is 2.70. The van der Waals surface area contributed by atoms with Crippen molar-refractivity contribution in [2.24, 2.45) is 5.73 Å². The van der Waals surface area contributed by atoms with Crippen LogP contribution in [0.15, 0.2) is 22.7 Å². The lowest BCUT2D eigenvalue weighted by molar-refractivity contribution is 0.0384. The van der Waals surface area contributed by atoms with Crippen molar-refractivity contribution < 1.29 is 4.74 Å². The van der Waals surface area contributed by atoms with Gasteiger partial charge >= 0.3 is 0 Å². The molecule has 1 aliphatic carbocycles. The van der Waals surface area contributed by atoms with E-state index in [-0.39, 0.29) is 5.41 Å². The first kappa shape index (κ1) is 15.5. The molecule has 1 saturated carbocycles. The summed E-state index contributed by atoms with van der Waals surface area (Å²) in [6.07, 6.45) is 4.89. The van der Waals surface area contributed by atoms with Crippen LogP contribution >= 0.6 is 15.9 Å². The Hall–Kier alpha value is -0.420. The summed E-state index contributed by atoms with van der Waals surface area (Å²) in [6, 6.07) is 6.89. The normalized spacial score (nSPS) is 22.0. The molecule has 1 aliphatic heterocycles. The second-order valence-electron chi connectivity index (χ2n) is 6.35. The molecular weight excluding hydrogens is 328 g/mol. The van der Waals surface area contributed by atoms with Crippen molar-refractivity contribution in [1.29, 1.82) is 0 Å². The molecule has 1 aromatic rings. The molecule has 116 valence electrons. The monoisotopic (exact) mass is 352 g/mol. The summed E-state index contributed by atoms with van der Waals surface area (Å²) in [7, 11) is 0. The third-order valence-electron chi connectivity index (χ3n) is 5.17. The van der Waals surface area contributed by atoms with Gasteiger partial charge in [0.15, 0.2) is 0 Å². The SMILES string of the molecule is NCC1(c2ccc(CCN3CCOCC3)c(Br)c2)CCC1. The first-order valence-corrected chi connectivity index (χ1v) is 8.82. The Morgan fingerprint density at radius 1 is 1.24 bits per heavy atom. The van der Waals surface area contributed by atoms with Crippen molar-refractivity contribution in [3.63, 3.8) is 0 Å². The maximum absolute atomic E-state index is 6.01. The lowest BCUT2D eigenvalue weighted by Crippen LogP contribution is -2.41. The molecule has 21 heavy (non-hydrogen) atoms. The van der Waals surface area contributed by atoms with Gasteiger partial charge in [-0.05, 0) is 36.5 Å². The molecule has 2 aliphatic rings. The molecule has 1 heterocycles. The first-order valence-electron chi connectivity index (χ1n) is 8.03. The Bertz CT molecular complexity index is 476. The van der Waals surface area contributed by atoms with Gasteiger partial charge in [0.25, 0.3) is 0 Å². The number of hydrogen-bond acceptors (Lipinski definition) is 3. The van der Waals surface area contributed by atoms with Gasteiger partial charge < -0.3 is 10.5 Å². The van der Waals surface area contributed by atoms with Crippen LogP contribution in [0.25, 0.3) is 0 Å². The number of nitrogens with two attached hydrogens (primary N) is 1. The van der Waals surface area contributed by atoms with E-state index in [9.17, 15) is 0 Å². The highest BCUT2D eigenvalue weighted by Gasteiger charge is 2.37. The molecule has 2 fully saturated rings. The molecule has 0 bridgehead atoms. The molecule has 3 nitrogen and oxygen atoms in total. The fourth-order valence-electron chi connectivity index (χ4n) is 3.40. The van der Waals surface area contributed by atoms with Crippen molar-refractivity contribution in [2.45, 2.75) is 31.1 Å². The highest BCUT2D eigenvalue weighted by Crippen LogP contribution is 2.43. The molecular formula is C17H25BrN2O. The molecule has 2 N–H and O–H groups in total. The quantitative estimate of drug-likeness (QED) is 0.885. The van der Waals surface area contributed by atoms with Crippen LogP contribution in [0.5, 0.6) is 0 Å². The van der Waals surface area contributed by atoms with E-state index < -0.39 is 0 Å². The van der Waals surface area contributed by atoms with E-state index in [1.807, 2.05) is 0 Å². The third kappa shape index (κ3) is 3.34. The first-order chi connectivity index (χ1) is 10.2. The summed E-state index contributed by atoms with van der Waals surface area (Å²) in [5.41, 5.74) is 9.08. The summed E-state index contributed by atoms with van der Waals surface area (Å²) in [5, 5.41) is 0. The summed E-state index contributed by atoms with van der Waals surface area (Å²) in [4.78, 5) is 2.48. The minimum absolute atomic E-state index is 0.255. The predicted molar refractivity (Wildman–Crippen MR) is 89.7 cm³/mol. The molecule has 1 saturated heterocycles. The number of ether oxygens (including phenoxy) is 1. The van der Waals surface area contributed by atoms with Crippen LogP contribution in [-0.4, -0.2) is 44.3 Å². The Labute approximate surface area is 136 Å². The molecule has 0 unspecified atom stereocenters. The van der Waals surface area contributed by atoms with Crippen LogP contribution in [0.3, 0.4) is 0 Å². The van der Waals surface area contributed by atoms with Gasteiger partial charge in [0.2, 0.25) is 0 Å². The van der Waals surface area contributed by atoms with Crippen LogP contribution < -0.4 is 5.73 Å². The smallest absolute Gasteiger partial charge is 0.0594 e. The van der Waals surface area contributed by atoms with Crippen LogP contribution in [0, 0.1) is 0 Å². The van der Waals surface area contributed by atoms with Crippen molar-refractivity contribution in [2.75, 3.05) is 39.4 Å². The minimum Gasteiger partial charge on any atom is -0.379 e. The second kappa shape index (κ2) is 6.78. The summed E-state index contributed by atoms with van der Waals surface area (Å²) in [6.45, 7) is 5.76. The summed E-state index contributed by atoms with van der Waals surface area (Å²) in [5.74, 6) is 0. The lowest BCUT2D eigenvalue weighted by atomic mass is 9.64. The average Bonchev–Trinajstić information content (AvgIpc) is 2.47. The van der Waals surface area contributed by atoms with E-state index in [4.69, 9.17) is 10.5 Å². The number of nitrogens with zero attached hydrogens (tertiary/aromatic N) is 1. The number of morpholine rings is 1. The van der Waals surface area contributed by atoms with E-state index in [2.05, 4.69) is 39.0 Å². The maximum Gasteiger partial charge on any atom is 0.0594 e. The van der Waals surface area contributed by atoms with Crippen LogP contribution in [-0.2, 0) is 16.6 Å². The zero-order valence-electron chi connectivity index (χ0n) is 12.6. The van der Waals surface area contributed by atoms with Gasteiger partial charge in [-0.15, -0.1) is 0 Å². The van der Waals surface area contributed by atoms with Crippen molar-refractivity contribution in [1.82, 2.24) is 4.90 Å². The summed E-state index contributed by atoms with van der Waals surface area (Å²) < 4.78 is 6.64. The van der Waals surface area contributed by atoms with Gasteiger partial charge in [-0.25, -0.2) is 0 Å². The standard InChI is InChI=1S/C17H25BrN2O/c18-16-12-15(17(13-19)5-1-6-17)3-2-14(16)4-7-20-8-10-21-11-9-20/h2-3,12H,1,4-11,13,19H2. The molecule has 1 aromatic carbocycles. The minimum atomic E-state index is 0.255. The van der Waals surface area contributed by atoms with Crippen LogP contribution in [0.2, 0.25) is 0 Å². The maximum atomic E-state index is 6.01. The Balaban J connectivity index is 1.64. The molecule has 3 rings (SSSR count). The van der Waals surface area contributed by atoms with Gasteiger partial charge in [-0.3, -0.25) is 4.90 Å². The van der Waals surface area contributed by atoms with Crippen molar-refractivity contribution >= 4 is 15.9 Å². The number of hydrogen-bond donors (Lipinski definition) is 1. The number of benzene rings is 1. The number of rotatable bonds is 5. The third-order valence-corrected chi connectivity index (χ3v) is 5.91. The number of halogens is 1. The topological polar surface area (TPSA) is 38.5 Å². The molecule has 0 amide bonds. The van der Waals surface area contributed by atoms with Gasteiger partial charge in [-0.1, -0.05) is 34.5 Å². The molecule has 0 spiro atoms. The molecule has 0 atom stereocenters. The van der Waals surface area contributed by atoms with Gasteiger partial charge in [0.05, 0.1) is 13.2 Å². The molecule has 0 aromatic heterocycles. The fraction of sp³-hybridized carbons (Fsp3) is 0.647. The zero-order valence-corrected chi connectivity index (χ0v) is 14.2. The van der Waals surface area contributed by atoms with E-state index in [1.165, 1.54) is 34.9 Å². The highest BCUT2D eigenvalue weighted by molar-refractivity contribution is 9.10. The van der Waals surface area contributed by atoms with Gasteiger partial charge in [0.1, 0.15) is 0 Å². The van der Waals surface area contributed by atoms with E-state index in [1.54, 1.807) is 0 Å². The highest BCUT2D eigenvalue weighted by atomic mass is 79.9. The molecule has 0 radical (unpaired) electrons. The summed E-state index contributed by atoms with van der Waals surface area (Å²) >= 11 is 3.76. The van der Waals surface area contributed by atoms with E-state index in [0.717, 1.165) is 45.8 Å². The van der Waals surface area contributed by atoms with E-state index in [0.29, 0.717) is 0 Å². The Kier molecular flexibility index (Phi) is 4.99. The Morgan fingerprint density at radius 3 is 2.57 bits per heavy atom.